The number of carboxylic acid groups (broad SMARTS) is 1. The number of ketones is 1. The fourth-order valence-electron chi connectivity index (χ4n) is 4.63. The summed E-state index contributed by atoms with van der Waals surface area (Å²) < 4.78 is 16.3. The molecular weight excluding hydrogens is 576 g/mol. The van der Waals surface area contributed by atoms with E-state index in [4.69, 9.17) is 14.2 Å². The zero-order chi connectivity index (χ0) is 30.9. The van der Waals surface area contributed by atoms with Gasteiger partial charge >= 0.3 is 12.1 Å². The molecule has 3 aromatic rings. The van der Waals surface area contributed by atoms with Gasteiger partial charge in [0.05, 0.1) is 17.2 Å². The first-order valence-electron chi connectivity index (χ1n) is 13.4. The Labute approximate surface area is 252 Å². The molecule has 3 N–H and O–H groups in total. The third-order valence-electron chi connectivity index (χ3n) is 6.90. The fraction of sp³-hybridized carbons (Fsp3) is 0.290. The number of methoxy groups -OCH3 is 1. The highest BCUT2D eigenvalue weighted by atomic mass is 32.2. The number of hydrogen-bond donors (Lipinski definition) is 3. The van der Waals surface area contributed by atoms with Crippen molar-refractivity contribution in [2.45, 2.75) is 29.9 Å². The van der Waals surface area contributed by atoms with Crippen molar-refractivity contribution < 1.29 is 43.6 Å². The zero-order valence-electron chi connectivity index (χ0n) is 23.6. The summed E-state index contributed by atoms with van der Waals surface area (Å²) in [6.45, 7) is 0.123. The molecule has 1 aliphatic rings. The van der Waals surface area contributed by atoms with Crippen LogP contribution in [0.2, 0.25) is 0 Å². The van der Waals surface area contributed by atoms with Crippen molar-refractivity contribution in [1.82, 2.24) is 10.2 Å². The minimum atomic E-state index is -1.14. The number of esters is 1. The zero-order valence-corrected chi connectivity index (χ0v) is 24.5. The van der Waals surface area contributed by atoms with Crippen LogP contribution in [0.1, 0.15) is 49.5 Å². The molecule has 0 spiro atoms. The molecule has 0 bridgehead atoms. The van der Waals surface area contributed by atoms with Gasteiger partial charge in [-0.1, -0.05) is 12.1 Å². The Kier molecular flexibility index (Phi) is 10.6. The average molecular weight is 609 g/mol. The summed E-state index contributed by atoms with van der Waals surface area (Å²) in [5.41, 5.74) is 1.14. The first-order valence-corrected chi connectivity index (χ1v) is 14.7. The maximum atomic E-state index is 13.3. The lowest BCUT2D eigenvalue weighted by atomic mass is 10.0. The predicted molar refractivity (Wildman–Crippen MR) is 158 cm³/mol. The lowest BCUT2D eigenvalue weighted by Crippen LogP contribution is -2.51. The smallest absolute Gasteiger partial charge is 0.407 e. The van der Waals surface area contributed by atoms with E-state index in [9.17, 15) is 29.4 Å². The Balaban J connectivity index is 1.50. The van der Waals surface area contributed by atoms with Crippen molar-refractivity contribution in [2.24, 2.45) is 0 Å². The van der Waals surface area contributed by atoms with E-state index >= 15 is 0 Å². The Hall–Kier alpha value is -4.55. The number of ether oxygens (including phenoxy) is 3. The molecule has 43 heavy (non-hydrogen) atoms. The predicted octanol–water partition coefficient (Wildman–Crippen LogP) is 4.43. The van der Waals surface area contributed by atoms with Gasteiger partial charge in [0.25, 0.3) is 5.91 Å². The third-order valence-corrected chi connectivity index (χ3v) is 7.63. The Morgan fingerprint density at radius 2 is 1.65 bits per heavy atom. The normalized spacial score (nSPS) is 16.6. The molecule has 0 unspecified atom stereocenters. The Bertz CT molecular complexity index is 1460. The van der Waals surface area contributed by atoms with Gasteiger partial charge in [-0.05, 0) is 73.7 Å². The van der Waals surface area contributed by atoms with Crippen LogP contribution in [0.3, 0.4) is 0 Å². The molecule has 0 saturated carbocycles. The SMILES string of the molecule is COCOc1ccc(SC)cc1C(=O)c1ccc(C(=O)O[C@@H]2CCCN(C(=O)O)C[C@H]2NC(=O)c2ccc(O)cc2)cc1. The highest BCUT2D eigenvalue weighted by Crippen LogP contribution is 2.28. The number of thioether (sulfide) groups is 1. The van der Waals surface area contributed by atoms with Gasteiger partial charge in [0, 0.05) is 36.2 Å². The van der Waals surface area contributed by atoms with Crippen LogP contribution in [0.25, 0.3) is 0 Å². The number of amides is 2. The van der Waals surface area contributed by atoms with E-state index in [-0.39, 0.29) is 42.5 Å². The number of nitrogens with zero attached hydrogens (tertiary/aromatic N) is 1. The van der Waals surface area contributed by atoms with Gasteiger partial charge < -0.3 is 34.6 Å². The highest BCUT2D eigenvalue weighted by molar-refractivity contribution is 7.98. The number of benzene rings is 3. The number of rotatable bonds is 10. The van der Waals surface area contributed by atoms with E-state index in [1.165, 1.54) is 72.3 Å². The number of phenols is 1. The van der Waals surface area contributed by atoms with Crippen molar-refractivity contribution >= 4 is 35.5 Å². The number of likely N-dealkylation sites (tertiary alicyclic amines) is 1. The lowest BCUT2D eigenvalue weighted by Gasteiger charge is -2.28. The number of nitrogens with one attached hydrogen (secondary N) is 1. The molecule has 2 atom stereocenters. The second kappa shape index (κ2) is 14.6. The minimum absolute atomic E-state index is 0.00376. The van der Waals surface area contributed by atoms with Crippen LogP contribution in [0.5, 0.6) is 11.5 Å². The van der Waals surface area contributed by atoms with Crippen LogP contribution in [0, 0.1) is 0 Å². The Morgan fingerprint density at radius 3 is 2.30 bits per heavy atom. The molecule has 4 rings (SSSR count). The van der Waals surface area contributed by atoms with Gasteiger partial charge in [-0.2, -0.15) is 0 Å². The molecule has 0 aliphatic carbocycles. The molecule has 3 aromatic carbocycles. The number of carbonyl (C=O) groups is 4. The molecule has 1 aliphatic heterocycles. The van der Waals surface area contributed by atoms with Crippen molar-refractivity contribution in [2.75, 3.05) is 33.2 Å². The minimum Gasteiger partial charge on any atom is -0.508 e. The number of hydrogen-bond acceptors (Lipinski definition) is 9. The maximum absolute atomic E-state index is 13.3. The summed E-state index contributed by atoms with van der Waals surface area (Å²) in [6, 6.07) is 16.1. The second-order valence-corrected chi connectivity index (χ2v) is 10.6. The molecule has 11 nitrogen and oxygen atoms in total. The molecular formula is C31H32N2O9S. The van der Waals surface area contributed by atoms with Gasteiger partial charge in [-0.25, -0.2) is 9.59 Å². The summed E-state index contributed by atoms with van der Waals surface area (Å²) in [7, 11) is 1.48. The van der Waals surface area contributed by atoms with Gasteiger partial charge in [0.2, 0.25) is 0 Å². The summed E-state index contributed by atoms with van der Waals surface area (Å²) in [6.07, 6.45) is 0.689. The molecule has 1 fully saturated rings. The van der Waals surface area contributed by atoms with E-state index in [0.29, 0.717) is 29.7 Å². The number of carbonyl (C=O) groups excluding carboxylic acids is 3. The summed E-state index contributed by atoms with van der Waals surface area (Å²) in [4.78, 5) is 53.2. The van der Waals surface area contributed by atoms with Gasteiger partial charge in [-0.3, -0.25) is 9.59 Å². The molecule has 1 heterocycles. The molecule has 1 saturated heterocycles. The monoisotopic (exact) mass is 608 g/mol. The van der Waals surface area contributed by atoms with E-state index in [1.54, 1.807) is 12.1 Å². The second-order valence-electron chi connectivity index (χ2n) is 9.76. The summed E-state index contributed by atoms with van der Waals surface area (Å²) >= 11 is 1.48. The van der Waals surface area contributed by atoms with Crippen LogP contribution in [-0.4, -0.2) is 84.3 Å². The quantitative estimate of drug-likeness (QED) is 0.131. The number of aromatic hydroxyl groups is 1. The molecule has 0 aromatic heterocycles. The van der Waals surface area contributed by atoms with E-state index in [1.807, 2.05) is 12.3 Å². The van der Waals surface area contributed by atoms with Gasteiger partial charge in [0.1, 0.15) is 17.6 Å². The van der Waals surface area contributed by atoms with Crippen molar-refractivity contribution in [1.29, 1.82) is 0 Å². The Morgan fingerprint density at radius 1 is 0.977 bits per heavy atom. The topological polar surface area (TPSA) is 152 Å². The highest BCUT2D eigenvalue weighted by Gasteiger charge is 2.33. The van der Waals surface area contributed by atoms with Gasteiger partial charge in [0.15, 0.2) is 12.6 Å². The van der Waals surface area contributed by atoms with Crippen molar-refractivity contribution in [3.8, 4) is 11.5 Å². The molecule has 2 amide bonds. The lowest BCUT2D eigenvalue weighted by molar-refractivity contribution is 0.0179. The van der Waals surface area contributed by atoms with Crippen LogP contribution >= 0.6 is 11.8 Å². The first-order chi connectivity index (χ1) is 20.7. The first kappa shape index (κ1) is 31.4. The van der Waals surface area contributed by atoms with Crippen LogP contribution in [-0.2, 0) is 9.47 Å². The summed E-state index contributed by atoms with van der Waals surface area (Å²) in [5, 5.41) is 21.9. The molecule has 0 radical (unpaired) electrons. The van der Waals surface area contributed by atoms with E-state index in [2.05, 4.69) is 5.32 Å². The maximum Gasteiger partial charge on any atom is 0.407 e. The number of phenolic OH excluding ortho intramolecular Hbond substituents is 1. The third kappa shape index (κ3) is 8.05. The standard InChI is InChI=1S/C31H32N2O9S/c1-40-18-41-26-14-13-23(43-2)16-24(26)28(35)19-5-7-21(8-6-19)30(37)42-27-4-3-15-33(31(38)39)17-25(27)32-29(36)20-9-11-22(34)12-10-20/h5-14,16,25,27,34H,3-4,15,17-18H2,1-2H3,(H,32,36)(H,38,39)/t25-,27-/m1/s1. The van der Waals surface area contributed by atoms with Crippen LogP contribution in [0.15, 0.2) is 71.6 Å². The van der Waals surface area contributed by atoms with Crippen molar-refractivity contribution in [3.05, 3.63) is 89.0 Å². The largest absolute Gasteiger partial charge is 0.508 e. The average Bonchev–Trinajstić information content (AvgIpc) is 3.22. The summed E-state index contributed by atoms with van der Waals surface area (Å²) in [5.74, 6) is -1.10. The molecule has 226 valence electrons. The fourth-order valence-corrected chi connectivity index (χ4v) is 5.07. The van der Waals surface area contributed by atoms with Crippen LogP contribution < -0.4 is 10.1 Å². The molecule has 12 heteroatoms. The van der Waals surface area contributed by atoms with E-state index < -0.39 is 30.1 Å². The van der Waals surface area contributed by atoms with Crippen LogP contribution in [0.4, 0.5) is 4.79 Å². The van der Waals surface area contributed by atoms with Gasteiger partial charge in [-0.15, -0.1) is 11.8 Å². The van der Waals surface area contributed by atoms with Crippen molar-refractivity contribution in [3.63, 3.8) is 0 Å². The van der Waals surface area contributed by atoms with E-state index in [0.717, 1.165) is 4.90 Å².